The van der Waals surface area contributed by atoms with Gasteiger partial charge in [0.25, 0.3) is 5.91 Å². The van der Waals surface area contributed by atoms with Crippen LogP contribution in [0.3, 0.4) is 0 Å². The quantitative estimate of drug-likeness (QED) is 0.657. The molecule has 0 aliphatic heterocycles. The Morgan fingerprint density at radius 1 is 1.32 bits per heavy atom. The van der Waals surface area contributed by atoms with E-state index in [1.807, 2.05) is 0 Å². The van der Waals surface area contributed by atoms with Crippen molar-refractivity contribution >= 4 is 27.0 Å². The number of carbonyl (C=O) groups excluding carboxylic acids is 1. The van der Waals surface area contributed by atoms with E-state index in [9.17, 15) is 13.2 Å². The van der Waals surface area contributed by atoms with E-state index in [1.165, 1.54) is 44.6 Å². The van der Waals surface area contributed by atoms with Gasteiger partial charge in [0.05, 0.1) is 4.90 Å². The number of fused-ring (bicyclic) bond motifs is 1. The molecule has 0 unspecified atom stereocenters. The maximum atomic E-state index is 12.3. The molecule has 1 aliphatic rings. The number of hydrogen-bond donors (Lipinski definition) is 1. The fourth-order valence-corrected chi connectivity index (χ4v) is 3.93. The molecule has 0 atom stereocenters. The molecule has 2 aromatic rings. The molecule has 28 heavy (non-hydrogen) atoms. The molecule has 0 bridgehead atoms. The summed E-state index contributed by atoms with van der Waals surface area (Å²) in [6.45, 7) is 0.333. The molecular weight excluding hydrogens is 382 g/mol. The standard InChI is InChI=1S/C18H25N5O4S/c1-22(2)28(25,26)15-8-9-16-17(12-15)23(21-20-16)27-13-18(24)19-11-10-14-6-4-3-5-7-14/h6,8-9,12H,3-5,7,10-11,13H2,1-2H3,(H,19,24). The Balaban J connectivity index is 1.59. The Kier molecular flexibility index (Phi) is 6.30. The Morgan fingerprint density at radius 3 is 2.86 bits per heavy atom. The number of aromatic nitrogens is 3. The van der Waals surface area contributed by atoms with E-state index in [0.29, 0.717) is 17.6 Å². The van der Waals surface area contributed by atoms with Gasteiger partial charge in [0, 0.05) is 20.6 Å². The van der Waals surface area contributed by atoms with Gasteiger partial charge >= 0.3 is 0 Å². The molecule has 3 rings (SSSR count). The second kappa shape index (κ2) is 8.70. The van der Waals surface area contributed by atoms with Crippen LogP contribution in [0.25, 0.3) is 11.0 Å². The molecule has 0 fully saturated rings. The summed E-state index contributed by atoms with van der Waals surface area (Å²) in [7, 11) is -0.678. The van der Waals surface area contributed by atoms with Crippen LogP contribution >= 0.6 is 0 Å². The average molecular weight is 407 g/mol. The average Bonchev–Trinajstić information content (AvgIpc) is 3.09. The van der Waals surface area contributed by atoms with Crippen molar-refractivity contribution < 1.29 is 18.0 Å². The van der Waals surface area contributed by atoms with Crippen LogP contribution in [0.15, 0.2) is 34.7 Å². The Bertz CT molecular complexity index is 981. The number of rotatable bonds is 8. The normalized spacial score (nSPS) is 14.9. The van der Waals surface area contributed by atoms with E-state index in [-0.39, 0.29) is 17.4 Å². The van der Waals surface area contributed by atoms with Crippen molar-refractivity contribution in [3.8, 4) is 0 Å². The van der Waals surface area contributed by atoms with E-state index < -0.39 is 10.0 Å². The summed E-state index contributed by atoms with van der Waals surface area (Å²) in [4.78, 5) is 18.6. The number of hydrogen-bond acceptors (Lipinski definition) is 6. The molecule has 1 aromatic heterocycles. The number of amides is 1. The molecule has 0 spiro atoms. The maximum Gasteiger partial charge on any atom is 0.260 e. The molecule has 1 heterocycles. The topological polar surface area (TPSA) is 106 Å². The van der Waals surface area contributed by atoms with E-state index in [2.05, 4.69) is 21.7 Å². The lowest BCUT2D eigenvalue weighted by Crippen LogP contribution is -2.33. The van der Waals surface area contributed by atoms with Gasteiger partial charge in [0.15, 0.2) is 6.61 Å². The molecule has 1 amide bonds. The number of carbonyl (C=O) groups is 1. The summed E-state index contributed by atoms with van der Waals surface area (Å²) in [5.74, 6) is -0.267. The van der Waals surface area contributed by atoms with Gasteiger partial charge in [-0.25, -0.2) is 12.7 Å². The zero-order valence-electron chi connectivity index (χ0n) is 16.1. The minimum Gasteiger partial charge on any atom is -0.385 e. The van der Waals surface area contributed by atoms with E-state index in [4.69, 9.17) is 4.84 Å². The highest BCUT2D eigenvalue weighted by Crippen LogP contribution is 2.20. The number of allylic oxidation sites excluding steroid dienone is 1. The second-order valence-corrected chi connectivity index (χ2v) is 9.03. The summed E-state index contributed by atoms with van der Waals surface area (Å²) >= 11 is 0. The van der Waals surface area contributed by atoms with E-state index >= 15 is 0 Å². The number of benzene rings is 1. The smallest absolute Gasteiger partial charge is 0.260 e. The fourth-order valence-electron chi connectivity index (χ4n) is 3.01. The molecule has 1 aliphatic carbocycles. The van der Waals surface area contributed by atoms with Crippen LogP contribution in [0.4, 0.5) is 0 Å². The second-order valence-electron chi connectivity index (χ2n) is 6.88. The van der Waals surface area contributed by atoms with Crippen molar-refractivity contribution in [2.75, 3.05) is 27.2 Å². The molecule has 0 saturated heterocycles. The van der Waals surface area contributed by atoms with E-state index in [1.54, 1.807) is 6.07 Å². The molecule has 1 aromatic carbocycles. The van der Waals surface area contributed by atoms with Gasteiger partial charge in [0.1, 0.15) is 11.0 Å². The van der Waals surface area contributed by atoms with Gasteiger partial charge in [-0.15, -0.1) is 5.10 Å². The number of nitrogens with one attached hydrogen (secondary N) is 1. The van der Waals surface area contributed by atoms with Crippen molar-refractivity contribution in [1.29, 1.82) is 0 Å². The third-order valence-corrected chi connectivity index (χ3v) is 6.45. The van der Waals surface area contributed by atoms with Crippen molar-refractivity contribution in [3.05, 3.63) is 29.8 Å². The first-order chi connectivity index (χ1) is 13.4. The minimum absolute atomic E-state index is 0.0994. The number of sulfonamides is 1. The first-order valence-electron chi connectivity index (χ1n) is 9.24. The lowest BCUT2D eigenvalue weighted by Gasteiger charge is -2.13. The lowest BCUT2D eigenvalue weighted by molar-refractivity contribution is -0.126. The Morgan fingerprint density at radius 2 is 2.14 bits per heavy atom. The fraction of sp³-hybridized carbons (Fsp3) is 0.500. The van der Waals surface area contributed by atoms with Crippen molar-refractivity contribution in [2.24, 2.45) is 0 Å². The van der Waals surface area contributed by atoms with Gasteiger partial charge in [-0.05, 0) is 55.5 Å². The third-order valence-electron chi connectivity index (χ3n) is 4.64. The summed E-state index contributed by atoms with van der Waals surface area (Å²) in [6.07, 6.45) is 7.80. The molecule has 1 N–H and O–H groups in total. The molecular formula is C18H25N5O4S. The number of nitrogens with zero attached hydrogens (tertiary/aromatic N) is 4. The molecule has 10 heteroatoms. The van der Waals surface area contributed by atoms with Gasteiger partial charge in [-0.1, -0.05) is 16.5 Å². The highest BCUT2D eigenvalue weighted by Gasteiger charge is 2.19. The van der Waals surface area contributed by atoms with Crippen molar-refractivity contribution in [2.45, 2.75) is 37.0 Å². The summed E-state index contributed by atoms with van der Waals surface area (Å²) in [5, 5.41) is 10.6. The maximum absolute atomic E-state index is 12.3. The lowest BCUT2D eigenvalue weighted by atomic mass is 9.97. The molecule has 9 nitrogen and oxygen atoms in total. The van der Waals surface area contributed by atoms with Gasteiger partial charge < -0.3 is 10.2 Å². The predicted molar refractivity (Wildman–Crippen MR) is 104 cm³/mol. The first kappa shape index (κ1) is 20.3. The van der Waals surface area contributed by atoms with Gasteiger partial charge in [-0.3, -0.25) is 4.79 Å². The van der Waals surface area contributed by atoms with Crippen LogP contribution in [-0.4, -0.2) is 61.0 Å². The first-order valence-corrected chi connectivity index (χ1v) is 10.7. The predicted octanol–water partition coefficient (Wildman–Crippen LogP) is 1.12. The molecule has 152 valence electrons. The molecule has 0 radical (unpaired) electrons. The van der Waals surface area contributed by atoms with Gasteiger partial charge in [-0.2, -0.15) is 0 Å². The highest BCUT2D eigenvalue weighted by molar-refractivity contribution is 7.89. The van der Waals surface area contributed by atoms with Crippen LogP contribution in [-0.2, 0) is 14.8 Å². The Labute approximate surface area is 164 Å². The largest absolute Gasteiger partial charge is 0.385 e. The van der Waals surface area contributed by atoms with Crippen molar-refractivity contribution in [3.63, 3.8) is 0 Å². The van der Waals surface area contributed by atoms with Crippen LogP contribution in [0.1, 0.15) is 32.1 Å². The van der Waals surface area contributed by atoms with E-state index in [0.717, 1.165) is 28.4 Å². The van der Waals surface area contributed by atoms with Crippen molar-refractivity contribution in [1.82, 2.24) is 24.8 Å². The molecule has 0 saturated carbocycles. The third kappa shape index (κ3) is 4.68. The summed E-state index contributed by atoms with van der Waals surface area (Å²) < 4.78 is 25.7. The van der Waals surface area contributed by atoms with Crippen LogP contribution in [0.5, 0.6) is 0 Å². The van der Waals surface area contributed by atoms with Crippen LogP contribution < -0.4 is 10.2 Å². The van der Waals surface area contributed by atoms with Crippen LogP contribution in [0, 0.1) is 0 Å². The SMILES string of the molecule is CN(C)S(=O)(=O)c1ccc2nnn(OCC(=O)NCCC3=CCCCC3)c2c1. The summed E-state index contributed by atoms with van der Waals surface area (Å²) in [6, 6.07) is 4.44. The Hall–Kier alpha value is -2.46. The zero-order valence-corrected chi connectivity index (χ0v) is 16.9. The monoisotopic (exact) mass is 407 g/mol. The van der Waals surface area contributed by atoms with Crippen LogP contribution in [0.2, 0.25) is 0 Å². The highest BCUT2D eigenvalue weighted by atomic mass is 32.2. The summed E-state index contributed by atoms with van der Waals surface area (Å²) in [5.41, 5.74) is 2.25. The minimum atomic E-state index is -3.59. The van der Waals surface area contributed by atoms with Gasteiger partial charge in [0.2, 0.25) is 10.0 Å². The zero-order chi connectivity index (χ0) is 20.1.